The Balaban J connectivity index is 1.67. The molecule has 1 atom stereocenters. The molecule has 0 radical (unpaired) electrons. The summed E-state index contributed by atoms with van der Waals surface area (Å²) in [6, 6.07) is 10.2. The number of carbonyl (C=O) groups is 2. The molecular weight excluding hydrogens is 566 g/mol. The highest BCUT2D eigenvalue weighted by atomic mass is 79.9. The van der Waals surface area contributed by atoms with Gasteiger partial charge in [-0.05, 0) is 66.4 Å². The van der Waals surface area contributed by atoms with Gasteiger partial charge in [0.25, 0.3) is 5.91 Å². The van der Waals surface area contributed by atoms with Crippen molar-refractivity contribution in [3.63, 3.8) is 0 Å². The lowest BCUT2D eigenvalue weighted by molar-refractivity contribution is -0.137. The van der Waals surface area contributed by atoms with Crippen LogP contribution in [-0.2, 0) is 17.6 Å². The van der Waals surface area contributed by atoms with E-state index in [0.29, 0.717) is 42.5 Å². The summed E-state index contributed by atoms with van der Waals surface area (Å²) in [6.45, 7) is 6.94. The molecule has 1 N–H and O–H groups in total. The number of aryl methyl sites for hydroxylation is 3. The largest absolute Gasteiger partial charge is 0.480 e. The lowest BCUT2D eigenvalue weighted by atomic mass is 10.0. The molecule has 0 spiro atoms. The molecule has 0 saturated carbocycles. The zero-order valence-electron chi connectivity index (χ0n) is 22.1. The Morgan fingerprint density at radius 3 is 2.63 bits per heavy atom. The third kappa shape index (κ3) is 6.96. The molecule has 1 amide bonds. The molecule has 1 aliphatic heterocycles. The van der Waals surface area contributed by atoms with Crippen molar-refractivity contribution < 1.29 is 14.7 Å². The van der Waals surface area contributed by atoms with E-state index < -0.39 is 5.97 Å². The number of carboxylic acid groups (broad SMARTS) is 1. The number of aromatic nitrogens is 3. The maximum Gasteiger partial charge on any atom is 0.323 e. The summed E-state index contributed by atoms with van der Waals surface area (Å²) in [4.78, 5) is 43.1. The number of hydrogen-bond acceptors (Lipinski definition) is 7. The van der Waals surface area contributed by atoms with Gasteiger partial charge in [0, 0.05) is 19.3 Å². The van der Waals surface area contributed by atoms with E-state index in [1.807, 2.05) is 25.1 Å². The molecule has 1 aromatic carbocycles. The summed E-state index contributed by atoms with van der Waals surface area (Å²) in [6.07, 6.45) is 5.54. The van der Waals surface area contributed by atoms with Gasteiger partial charge in [-0.25, -0.2) is 15.0 Å². The maximum absolute atomic E-state index is 13.6. The summed E-state index contributed by atoms with van der Waals surface area (Å²) in [5.74, 6) is -0.435. The fourth-order valence-corrected chi connectivity index (χ4v) is 6.15. The Kier molecular flexibility index (Phi) is 9.49. The molecule has 0 bridgehead atoms. The molecule has 38 heavy (non-hydrogen) atoms. The highest BCUT2D eigenvalue weighted by molar-refractivity contribution is 9.11. The fraction of sp³-hybridized carbons (Fsp3) is 0.464. The van der Waals surface area contributed by atoms with Gasteiger partial charge in [0.05, 0.1) is 26.8 Å². The second-order valence-electron chi connectivity index (χ2n) is 10.1. The molecule has 3 aromatic rings. The summed E-state index contributed by atoms with van der Waals surface area (Å²) >= 11 is 5.23. The number of rotatable bonds is 11. The lowest BCUT2D eigenvalue weighted by Gasteiger charge is -2.25. The first-order valence-corrected chi connectivity index (χ1v) is 14.6. The van der Waals surface area contributed by atoms with E-state index in [1.165, 1.54) is 4.90 Å². The third-order valence-electron chi connectivity index (χ3n) is 6.72. The van der Waals surface area contributed by atoms with Crippen molar-refractivity contribution in [1.82, 2.24) is 19.9 Å². The van der Waals surface area contributed by atoms with Crippen LogP contribution in [-0.4, -0.2) is 56.5 Å². The summed E-state index contributed by atoms with van der Waals surface area (Å²) < 4.78 is 1.03. The Hall–Kier alpha value is -2.85. The normalized spacial score (nSPS) is 15.3. The molecule has 1 fully saturated rings. The highest BCUT2D eigenvalue weighted by Crippen LogP contribution is 2.39. The maximum atomic E-state index is 13.6. The van der Waals surface area contributed by atoms with E-state index >= 15 is 0 Å². The summed E-state index contributed by atoms with van der Waals surface area (Å²) in [5, 5.41) is 10.5. The van der Waals surface area contributed by atoms with Crippen LogP contribution in [0.15, 0.2) is 40.3 Å². The quantitative estimate of drug-likeness (QED) is 0.301. The minimum atomic E-state index is -1.03. The van der Waals surface area contributed by atoms with Gasteiger partial charge in [-0.1, -0.05) is 44.2 Å². The number of hydrogen-bond donors (Lipinski definition) is 1. The van der Waals surface area contributed by atoms with Crippen LogP contribution in [0, 0.1) is 12.8 Å². The molecule has 8 nitrogen and oxygen atoms in total. The van der Waals surface area contributed by atoms with Crippen LogP contribution in [0.1, 0.15) is 71.5 Å². The number of carboxylic acids is 1. The number of amides is 1. The van der Waals surface area contributed by atoms with Crippen LogP contribution in [0.3, 0.4) is 0 Å². The first kappa shape index (κ1) is 28.2. The zero-order valence-corrected chi connectivity index (χ0v) is 24.5. The molecule has 3 heterocycles. The van der Waals surface area contributed by atoms with Gasteiger partial charge in [-0.15, -0.1) is 11.3 Å². The SMILES string of the molecule is Cc1nc(C2CCCN2c2ncc(C(=O)N(CCC(C)C)CC(=O)O)c(CCc3ccccc3)n2)sc1Br. The standard InChI is InChI=1S/C28H34BrN5O3S/c1-18(2)13-15-33(17-24(35)36)27(37)21-16-30-28(32-22(21)12-11-20-8-5-4-6-9-20)34-14-7-10-23(34)26-31-19(3)25(29)38-26/h4-6,8-9,16,18,23H,7,10-15,17H2,1-3H3,(H,35,36). The van der Waals surface area contributed by atoms with E-state index in [-0.39, 0.29) is 18.5 Å². The predicted octanol–water partition coefficient (Wildman–Crippen LogP) is 5.70. The third-order valence-corrected chi connectivity index (χ3v) is 8.83. The van der Waals surface area contributed by atoms with Gasteiger partial charge in [-0.2, -0.15) is 0 Å². The number of nitrogens with zero attached hydrogens (tertiary/aromatic N) is 5. The number of thiazole rings is 1. The topological polar surface area (TPSA) is 99.5 Å². The first-order chi connectivity index (χ1) is 18.2. The van der Waals surface area contributed by atoms with Crippen molar-refractivity contribution in [1.29, 1.82) is 0 Å². The van der Waals surface area contributed by atoms with Gasteiger partial charge >= 0.3 is 5.97 Å². The molecule has 202 valence electrons. The fourth-order valence-electron chi connectivity index (χ4n) is 4.62. The Bertz CT molecular complexity index is 1250. The van der Waals surface area contributed by atoms with E-state index in [2.05, 4.69) is 51.8 Å². The van der Waals surface area contributed by atoms with Crippen molar-refractivity contribution in [3.8, 4) is 0 Å². The highest BCUT2D eigenvalue weighted by Gasteiger charge is 2.32. The van der Waals surface area contributed by atoms with E-state index in [1.54, 1.807) is 17.5 Å². The van der Waals surface area contributed by atoms with E-state index in [4.69, 9.17) is 9.97 Å². The summed E-state index contributed by atoms with van der Waals surface area (Å²) in [7, 11) is 0. The minimum Gasteiger partial charge on any atom is -0.480 e. The van der Waals surface area contributed by atoms with Gasteiger partial charge in [0.2, 0.25) is 5.95 Å². The first-order valence-electron chi connectivity index (χ1n) is 13.0. The van der Waals surface area contributed by atoms with Crippen LogP contribution in [0.2, 0.25) is 0 Å². The summed E-state index contributed by atoms with van der Waals surface area (Å²) in [5.41, 5.74) is 3.14. The molecular formula is C28H34BrN5O3S. The minimum absolute atomic E-state index is 0.0862. The average molecular weight is 601 g/mol. The van der Waals surface area contributed by atoms with Crippen molar-refractivity contribution in [2.45, 2.75) is 58.9 Å². The number of halogens is 1. The zero-order chi connectivity index (χ0) is 27.2. The van der Waals surface area contributed by atoms with Crippen LogP contribution in [0.4, 0.5) is 5.95 Å². The van der Waals surface area contributed by atoms with Crippen LogP contribution in [0.25, 0.3) is 0 Å². The van der Waals surface area contributed by atoms with E-state index in [9.17, 15) is 14.7 Å². The monoisotopic (exact) mass is 599 g/mol. The smallest absolute Gasteiger partial charge is 0.323 e. The van der Waals surface area contributed by atoms with Crippen molar-refractivity contribution in [2.24, 2.45) is 5.92 Å². The van der Waals surface area contributed by atoms with Gasteiger partial charge in [0.15, 0.2) is 0 Å². The molecule has 1 unspecified atom stereocenters. The molecule has 2 aromatic heterocycles. The average Bonchev–Trinajstić information content (AvgIpc) is 3.51. The van der Waals surface area contributed by atoms with Crippen LogP contribution < -0.4 is 4.90 Å². The van der Waals surface area contributed by atoms with E-state index in [0.717, 1.165) is 45.9 Å². The van der Waals surface area contributed by atoms with Gasteiger partial charge < -0.3 is 14.9 Å². The Morgan fingerprint density at radius 2 is 1.97 bits per heavy atom. The molecule has 0 aliphatic carbocycles. The molecule has 4 rings (SSSR count). The number of anilines is 1. The van der Waals surface area contributed by atoms with Crippen LogP contribution >= 0.6 is 27.3 Å². The number of benzene rings is 1. The molecule has 1 saturated heterocycles. The van der Waals surface area contributed by atoms with Gasteiger partial charge in [0.1, 0.15) is 11.6 Å². The molecule has 1 aliphatic rings. The number of aliphatic carboxylic acids is 1. The van der Waals surface area contributed by atoms with Crippen LogP contribution in [0.5, 0.6) is 0 Å². The van der Waals surface area contributed by atoms with Crippen molar-refractivity contribution in [2.75, 3.05) is 24.5 Å². The lowest BCUT2D eigenvalue weighted by Crippen LogP contribution is -2.38. The second-order valence-corrected chi connectivity index (χ2v) is 12.4. The van der Waals surface area contributed by atoms with Crippen molar-refractivity contribution >= 4 is 45.1 Å². The van der Waals surface area contributed by atoms with Gasteiger partial charge in [-0.3, -0.25) is 9.59 Å². The van der Waals surface area contributed by atoms with Crippen molar-refractivity contribution in [3.05, 3.63) is 67.8 Å². The predicted molar refractivity (Wildman–Crippen MR) is 153 cm³/mol. The Labute approximate surface area is 236 Å². The second kappa shape index (κ2) is 12.8. The number of carbonyl (C=O) groups excluding carboxylic acids is 1. The Morgan fingerprint density at radius 1 is 1.21 bits per heavy atom. The molecule has 10 heteroatoms.